The van der Waals surface area contributed by atoms with Gasteiger partial charge in [0.05, 0.1) is 6.10 Å². The minimum Gasteiger partial charge on any atom is -0.377 e. The summed E-state index contributed by atoms with van der Waals surface area (Å²) in [4.78, 5) is 0. The first-order chi connectivity index (χ1) is 8.72. The molecule has 2 fully saturated rings. The Balaban J connectivity index is 1.49. The van der Waals surface area contributed by atoms with Gasteiger partial charge in [-0.1, -0.05) is 23.7 Å². The Bertz CT molecular complexity index is 399. The fraction of sp³-hybridized carbons (Fsp3) is 0.600. The van der Waals surface area contributed by atoms with E-state index >= 15 is 0 Å². The Hall–Kier alpha value is -0.570. The maximum absolute atomic E-state index is 5.91. The summed E-state index contributed by atoms with van der Waals surface area (Å²) < 4.78 is 5.58. The van der Waals surface area contributed by atoms with E-state index in [1.165, 1.54) is 18.4 Å². The standard InChI is InChI=1S/C15H20ClNO/c1-10-15(6-7-18-10)17-14-8-12(9-14)11-2-4-13(16)5-3-11/h2-5,10,12,14-15,17H,6-9H2,1H3. The van der Waals surface area contributed by atoms with E-state index in [2.05, 4.69) is 24.4 Å². The molecule has 2 atom stereocenters. The third-order valence-electron chi connectivity index (χ3n) is 4.31. The Labute approximate surface area is 114 Å². The van der Waals surface area contributed by atoms with Gasteiger partial charge >= 0.3 is 0 Å². The first-order valence-corrected chi connectivity index (χ1v) is 7.23. The number of rotatable bonds is 3. The molecule has 1 aromatic carbocycles. The quantitative estimate of drug-likeness (QED) is 0.905. The molecule has 2 aliphatic rings. The highest BCUT2D eigenvalue weighted by Gasteiger charge is 2.34. The maximum atomic E-state index is 5.91. The lowest BCUT2D eigenvalue weighted by Crippen LogP contribution is -2.47. The summed E-state index contributed by atoms with van der Waals surface area (Å²) in [5.74, 6) is 0.706. The summed E-state index contributed by atoms with van der Waals surface area (Å²) in [6, 6.07) is 9.52. The smallest absolute Gasteiger partial charge is 0.0700 e. The second kappa shape index (κ2) is 5.20. The molecule has 1 aliphatic heterocycles. The molecule has 2 nitrogen and oxygen atoms in total. The van der Waals surface area contributed by atoms with E-state index in [1.807, 2.05) is 12.1 Å². The highest BCUT2D eigenvalue weighted by Crippen LogP contribution is 2.37. The summed E-state index contributed by atoms with van der Waals surface area (Å²) in [7, 11) is 0. The number of nitrogens with one attached hydrogen (secondary N) is 1. The lowest BCUT2D eigenvalue weighted by molar-refractivity contribution is 0.106. The lowest BCUT2D eigenvalue weighted by Gasteiger charge is -2.38. The molecular formula is C15H20ClNO. The first kappa shape index (κ1) is 12.5. The zero-order chi connectivity index (χ0) is 12.5. The van der Waals surface area contributed by atoms with E-state index in [4.69, 9.17) is 16.3 Å². The van der Waals surface area contributed by atoms with Crippen LogP contribution in [0.3, 0.4) is 0 Å². The van der Waals surface area contributed by atoms with Crippen molar-refractivity contribution in [2.24, 2.45) is 0 Å². The molecule has 1 saturated carbocycles. The van der Waals surface area contributed by atoms with Crippen LogP contribution in [0.1, 0.15) is 37.7 Å². The van der Waals surface area contributed by atoms with Crippen molar-refractivity contribution in [2.75, 3.05) is 6.61 Å². The average Bonchev–Trinajstić information content (AvgIpc) is 2.71. The molecule has 18 heavy (non-hydrogen) atoms. The van der Waals surface area contributed by atoms with Gasteiger partial charge in [0.1, 0.15) is 0 Å². The van der Waals surface area contributed by atoms with Crippen LogP contribution in [-0.2, 0) is 4.74 Å². The van der Waals surface area contributed by atoms with Gasteiger partial charge in [0, 0.05) is 23.7 Å². The number of halogens is 1. The van der Waals surface area contributed by atoms with Crippen molar-refractivity contribution >= 4 is 11.6 Å². The van der Waals surface area contributed by atoms with E-state index in [0.717, 1.165) is 18.1 Å². The molecule has 0 amide bonds. The summed E-state index contributed by atoms with van der Waals surface area (Å²) in [5.41, 5.74) is 1.42. The molecule has 0 bridgehead atoms. The minimum absolute atomic E-state index is 0.375. The molecule has 3 heteroatoms. The third kappa shape index (κ3) is 2.56. The van der Waals surface area contributed by atoms with Crippen LogP contribution in [0.25, 0.3) is 0 Å². The van der Waals surface area contributed by atoms with Crippen molar-refractivity contribution in [2.45, 2.75) is 50.3 Å². The van der Waals surface area contributed by atoms with Crippen molar-refractivity contribution < 1.29 is 4.74 Å². The maximum Gasteiger partial charge on any atom is 0.0700 e. The van der Waals surface area contributed by atoms with Crippen LogP contribution in [0.5, 0.6) is 0 Å². The Morgan fingerprint density at radius 1 is 1.22 bits per heavy atom. The van der Waals surface area contributed by atoms with Crippen molar-refractivity contribution in [3.8, 4) is 0 Å². The Morgan fingerprint density at radius 3 is 2.56 bits per heavy atom. The second-order valence-corrected chi connectivity index (χ2v) is 5.99. The molecule has 2 unspecified atom stereocenters. The summed E-state index contributed by atoms with van der Waals surface area (Å²) in [6.07, 6.45) is 4.01. The van der Waals surface area contributed by atoms with Crippen LogP contribution in [0, 0.1) is 0 Å². The van der Waals surface area contributed by atoms with E-state index in [1.54, 1.807) is 0 Å². The average molecular weight is 266 g/mol. The van der Waals surface area contributed by atoms with E-state index in [-0.39, 0.29) is 0 Å². The molecule has 98 valence electrons. The van der Waals surface area contributed by atoms with Crippen molar-refractivity contribution in [1.29, 1.82) is 0 Å². The predicted octanol–water partition coefficient (Wildman–Crippen LogP) is 3.35. The largest absolute Gasteiger partial charge is 0.377 e. The summed E-state index contributed by atoms with van der Waals surface area (Å²) in [5, 5.41) is 4.55. The first-order valence-electron chi connectivity index (χ1n) is 6.85. The fourth-order valence-electron chi connectivity index (χ4n) is 3.01. The highest BCUT2D eigenvalue weighted by molar-refractivity contribution is 6.30. The SMILES string of the molecule is CC1OCCC1NC1CC(c2ccc(Cl)cc2)C1. The molecule has 1 aliphatic carbocycles. The number of ether oxygens (including phenoxy) is 1. The number of hydrogen-bond donors (Lipinski definition) is 1. The minimum atomic E-state index is 0.375. The van der Waals surface area contributed by atoms with Crippen LogP contribution in [0.4, 0.5) is 0 Å². The van der Waals surface area contributed by atoms with Gasteiger partial charge in [0.2, 0.25) is 0 Å². The van der Waals surface area contributed by atoms with Crippen LogP contribution < -0.4 is 5.32 Å². The molecule has 0 radical (unpaired) electrons. The van der Waals surface area contributed by atoms with Gasteiger partial charge in [-0.05, 0) is 49.8 Å². The van der Waals surface area contributed by atoms with E-state index in [9.17, 15) is 0 Å². The van der Waals surface area contributed by atoms with Gasteiger partial charge in [-0.25, -0.2) is 0 Å². The Morgan fingerprint density at radius 2 is 1.94 bits per heavy atom. The van der Waals surface area contributed by atoms with Gasteiger partial charge in [0.15, 0.2) is 0 Å². The normalized spacial score (nSPS) is 35.4. The third-order valence-corrected chi connectivity index (χ3v) is 4.56. The Kier molecular flexibility index (Phi) is 3.60. The number of hydrogen-bond acceptors (Lipinski definition) is 2. The predicted molar refractivity (Wildman–Crippen MR) is 74.2 cm³/mol. The zero-order valence-electron chi connectivity index (χ0n) is 10.7. The van der Waals surface area contributed by atoms with E-state index in [0.29, 0.717) is 24.1 Å². The molecular weight excluding hydrogens is 246 g/mol. The van der Waals surface area contributed by atoms with Gasteiger partial charge in [-0.15, -0.1) is 0 Å². The zero-order valence-corrected chi connectivity index (χ0v) is 11.5. The van der Waals surface area contributed by atoms with E-state index < -0.39 is 0 Å². The molecule has 3 rings (SSSR count). The number of benzene rings is 1. The lowest BCUT2D eigenvalue weighted by atomic mass is 9.75. The topological polar surface area (TPSA) is 21.3 Å². The molecule has 1 heterocycles. The molecule has 0 aromatic heterocycles. The summed E-state index contributed by atoms with van der Waals surface area (Å²) in [6.45, 7) is 3.08. The van der Waals surface area contributed by atoms with Gasteiger partial charge in [-0.3, -0.25) is 0 Å². The van der Waals surface area contributed by atoms with Crippen LogP contribution >= 0.6 is 11.6 Å². The fourth-order valence-corrected chi connectivity index (χ4v) is 3.14. The molecule has 1 aromatic rings. The van der Waals surface area contributed by atoms with Crippen LogP contribution in [-0.4, -0.2) is 24.8 Å². The molecule has 0 spiro atoms. The molecule has 1 N–H and O–H groups in total. The van der Waals surface area contributed by atoms with Crippen LogP contribution in [0.2, 0.25) is 5.02 Å². The second-order valence-electron chi connectivity index (χ2n) is 5.55. The summed E-state index contributed by atoms with van der Waals surface area (Å²) >= 11 is 5.91. The van der Waals surface area contributed by atoms with Gasteiger partial charge < -0.3 is 10.1 Å². The highest BCUT2D eigenvalue weighted by atomic mass is 35.5. The van der Waals surface area contributed by atoms with Crippen molar-refractivity contribution in [1.82, 2.24) is 5.32 Å². The van der Waals surface area contributed by atoms with Crippen LogP contribution in [0.15, 0.2) is 24.3 Å². The van der Waals surface area contributed by atoms with Gasteiger partial charge in [-0.2, -0.15) is 0 Å². The molecule has 1 saturated heterocycles. The van der Waals surface area contributed by atoms with Gasteiger partial charge in [0.25, 0.3) is 0 Å². The van der Waals surface area contributed by atoms with Crippen molar-refractivity contribution in [3.63, 3.8) is 0 Å². The van der Waals surface area contributed by atoms with Crippen molar-refractivity contribution in [3.05, 3.63) is 34.9 Å². The monoisotopic (exact) mass is 265 g/mol.